The van der Waals surface area contributed by atoms with E-state index in [4.69, 9.17) is 0 Å². The molecule has 4 heteroatoms. The van der Waals surface area contributed by atoms with Gasteiger partial charge in [-0.25, -0.2) is 0 Å². The Morgan fingerprint density at radius 1 is 1.05 bits per heavy atom. The fraction of sp³-hybridized carbons (Fsp3) is 1.00. The van der Waals surface area contributed by atoms with Crippen molar-refractivity contribution in [2.75, 3.05) is 39.8 Å². The van der Waals surface area contributed by atoms with E-state index in [9.17, 15) is 5.11 Å². The molecule has 0 amide bonds. The zero-order chi connectivity index (χ0) is 14.7. The number of aliphatic hydroxyl groups excluding tert-OH is 1. The molecule has 122 valence electrons. The van der Waals surface area contributed by atoms with E-state index in [1.54, 1.807) is 0 Å². The van der Waals surface area contributed by atoms with Crippen molar-refractivity contribution in [1.29, 1.82) is 0 Å². The van der Waals surface area contributed by atoms with Crippen LogP contribution in [0.2, 0.25) is 0 Å². The second-order valence-electron chi connectivity index (χ2n) is 7.45. The maximum absolute atomic E-state index is 9.76. The van der Waals surface area contributed by atoms with Gasteiger partial charge in [0.15, 0.2) is 0 Å². The smallest absolute Gasteiger partial charge is 0.0651 e. The Kier molecular flexibility index (Phi) is 5.54. The van der Waals surface area contributed by atoms with Crippen molar-refractivity contribution in [2.24, 2.45) is 11.8 Å². The van der Waals surface area contributed by atoms with E-state index in [1.165, 1.54) is 58.0 Å². The van der Waals surface area contributed by atoms with Crippen LogP contribution < -0.4 is 5.32 Å². The fourth-order valence-electron chi connectivity index (χ4n) is 4.77. The second-order valence-corrected chi connectivity index (χ2v) is 7.45. The van der Waals surface area contributed by atoms with Gasteiger partial charge in [0.05, 0.1) is 6.17 Å². The monoisotopic (exact) mass is 295 g/mol. The molecule has 0 aromatic rings. The molecule has 0 bridgehead atoms. The van der Waals surface area contributed by atoms with Crippen molar-refractivity contribution in [1.82, 2.24) is 15.1 Å². The summed E-state index contributed by atoms with van der Waals surface area (Å²) in [5.74, 6) is 1.29. The largest absolute Gasteiger partial charge is 0.396 e. The Morgan fingerprint density at radius 2 is 1.86 bits per heavy atom. The summed E-state index contributed by atoms with van der Waals surface area (Å²) < 4.78 is 0. The molecule has 0 radical (unpaired) electrons. The first-order valence-corrected chi connectivity index (χ1v) is 9.08. The highest BCUT2D eigenvalue weighted by molar-refractivity contribution is 4.93. The molecule has 3 rings (SSSR count). The highest BCUT2D eigenvalue weighted by Crippen LogP contribution is 2.33. The van der Waals surface area contributed by atoms with Gasteiger partial charge in [0.2, 0.25) is 0 Å². The zero-order valence-corrected chi connectivity index (χ0v) is 13.6. The van der Waals surface area contributed by atoms with E-state index in [2.05, 4.69) is 22.2 Å². The van der Waals surface area contributed by atoms with Crippen LogP contribution in [0.3, 0.4) is 0 Å². The predicted octanol–water partition coefficient (Wildman–Crippen LogP) is 1.50. The van der Waals surface area contributed by atoms with E-state index < -0.39 is 0 Å². The van der Waals surface area contributed by atoms with Gasteiger partial charge in [0.25, 0.3) is 0 Å². The highest BCUT2D eigenvalue weighted by Gasteiger charge is 2.39. The lowest BCUT2D eigenvalue weighted by atomic mass is 9.81. The van der Waals surface area contributed by atoms with Gasteiger partial charge in [-0.1, -0.05) is 19.3 Å². The Hall–Kier alpha value is -0.160. The van der Waals surface area contributed by atoms with Crippen molar-refractivity contribution in [3.8, 4) is 0 Å². The van der Waals surface area contributed by atoms with Crippen molar-refractivity contribution >= 4 is 0 Å². The molecule has 2 heterocycles. The first-order valence-electron chi connectivity index (χ1n) is 9.08. The average Bonchev–Trinajstić information content (AvgIpc) is 2.55. The molecule has 0 aromatic heterocycles. The molecule has 1 aliphatic carbocycles. The maximum atomic E-state index is 9.76. The predicted molar refractivity (Wildman–Crippen MR) is 86.2 cm³/mol. The van der Waals surface area contributed by atoms with Crippen LogP contribution >= 0.6 is 0 Å². The van der Waals surface area contributed by atoms with Crippen molar-refractivity contribution in [3.63, 3.8) is 0 Å². The van der Waals surface area contributed by atoms with Crippen LogP contribution in [0.4, 0.5) is 0 Å². The minimum absolute atomic E-state index is 0.335. The third kappa shape index (κ3) is 3.61. The number of piperidine rings is 1. The molecule has 2 N–H and O–H groups in total. The van der Waals surface area contributed by atoms with Crippen LogP contribution in [0.15, 0.2) is 0 Å². The van der Waals surface area contributed by atoms with Crippen molar-refractivity contribution in [2.45, 2.75) is 57.2 Å². The van der Waals surface area contributed by atoms with E-state index in [-0.39, 0.29) is 0 Å². The third-order valence-electron chi connectivity index (χ3n) is 6.00. The minimum Gasteiger partial charge on any atom is -0.396 e. The first-order chi connectivity index (χ1) is 10.3. The van der Waals surface area contributed by atoms with E-state index in [0.29, 0.717) is 24.7 Å². The molecule has 1 saturated carbocycles. The first kappa shape index (κ1) is 15.7. The standard InChI is InChI=1S/C17H33N3O/c1-19-10-11-20(17-15(13-21)8-5-9-18-17)16(12-19)14-6-3-2-4-7-14/h14-18,21H,2-13H2,1H3. The fourth-order valence-corrected chi connectivity index (χ4v) is 4.77. The van der Waals surface area contributed by atoms with Gasteiger partial charge in [0, 0.05) is 38.2 Å². The summed E-state index contributed by atoms with van der Waals surface area (Å²) in [6.07, 6.45) is 9.88. The molecular formula is C17H33N3O. The lowest BCUT2D eigenvalue weighted by Crippen LogP contribution is -2.64. The average molecular weight is 295 g/mol. The molecule has 0 aromatic carbocycles. The van der Waals surface area contributed by atoms with Crippen LogP contribution in [0, 0.1) is 11.8 Å². The molecule has 0 spiro atoms. The summed E-state index contributed by atoms with van der Waals surface area (Å²) in [5, 5.41) is 13.5. The summed E-state index contributed by atoms with van der Waals surface area (Å²) in [7, 11) is 2.27. The van der Waals surface area contributed by atoms with Crippen LogP contribution in [0.25, 0.3) is 0 Å². The quantitative estimate of drug-likeness (QED) is 0.828. The number of nitrogens with zero attached hydrogens (tertiary/aromatic N) is 2. The molecule has 4 nitrogen and oxygen atoms in total. The normalized spacial score (nSPS) is 37.7. The summed E-state index contributed by atoms with van der Waals surface area (Å²) >= 11 is 0. The van der Waals surface area contributed by atoms with Gasteiger partial charge in [-0.15, -0.1) is 0 Å². The summed E-state index contributed by atoms with van der Waals surface area (Å²) in [4.78, 5) is 5.24. The lowest BCUT2D eigenvalue weighted by Gasteiger charge is -2.51. The number of aliphatic hydroxyl groups is 1. The summed E-state index contributed by atoms with van der Waals surface area (Å²) in [6, 6.07) is 0.689. The Morgan fingerprint density at radius 3 is 2.62 bits per heavy atom. The minimum atomic E-state index is 0.335. The second kappa shape index (κ2) is 7.40. The molecular weight excluding hydrogens is 262 g/mol. The van der Waals surface area contributed by atoms with Gasteiger partial charge >= 0.3 is 0 Å². The van der Waals surface area contributed by atoms with Crippen LogP contribution in [-0.4, -0.2) is 66.9 Å². The molecule has 3 fully saturated rings. The SMILES string of the molecule is CN1CCN(C2NCCCC2CO)C(C2CCCCC2)C1. The number of piperazine rings is 1. The number of likely N-dealkylation sites (N-methyl/N-ethyl adjacent to an activating group) is 1. The maximum Gasteiger partial charge on any atom is 0.0651 e. The van der Waals surface area contributed by atoms with Crippen LogP contribution in [0.5, 0.6) is 0 Å². The van der Waals surface area contributed by atoms with Crippen LogP contribution in [-0.2, 0) is 0 Å². The van der Waals surface area contributed by atoms with E-state index >= 15 is 0 Å². The molecule has 3 aliphatic rings. The molecule has 3 atom stereocenters. The third-order valence-corrected chi connectivity index (χ3v) is 6.00. The zero-order valence-electron chi connectivity index (χ0n) is 13.6. The molecule has 21 heavy (non-hydrogen) atoms. The van der Waals surface area contributed by atoms with E-state index in [1.807, 2.05) is 0 Å². The number of hydrogen-bond acceptors (Lipinski definition) is 4. The summed E-state index contributed by atoms with van der Waals surface area (Å²) in [5.41, 5.74) is 0. The van der Waals surface area contributed by atoms with E-state index in [0.717, 1.165) is 19.0 Å². The van der Waals surface area contributed by atoms with Crippen LogP contribution in [0.1, 0.15) is 44.9 Å². The summed E-state index contributed by atoms with van der Waals surface area (Å²) in [6.45, 7) is 4.98. The molecule has 3 unspecified atom stereocenters. The van der Waals surface area contributed by atoms with Gasteiger partial charge in [-0.2, -0.15) is 0 Å². The van der Waals surface area contributed by atoms with Gasteiger partial charge in [0.1, 0.15) is 0 Å². The molecule has 2 saturated heterocycles. The Bertz CT molecular complexity index is 319. The Balaban J connectivity index is 1.72. The Labute approximate surface area is 129 Å². The van der Waals surface area contributed by atoms with Gasteiger partial charge < -0.3 is 15.3 Å². The van der Waals surface area contributed by atoms with Crippen molar-refractivity contribution < 1.29 is 5.11 Å². The highest BCUT2D eigenvalue weighted by atomic mass is 16.3. The van der Waals surface area contributed by atoms with Crippen molar-refractivity contribution in [3.05, 3.63) is 0 Å². The van der Waals surface area contributed by atoms with Gasteiger partial charge in [-0.3, -0.25) is 4.90 Å². The lowest BCUT2D eigenvalue weighted by molar-refractivity contribution is -0.0386. The van der Waals surface area contributed by atoms with Gasteiger partial charge in [-0.05, 0) is 45.2 Å². The number of rotatable bonds is 3. The number of nitrogens with one attached hydrogen (secondary N) is 1. The number of hydrogen-bond donors (Lipinski definition) is 2. The molecule has 2 aliphatic heterocycles. The topological polar surface area (TPSA) is 38.7 Å².